The highest BCUT2D eigenvalue weighted by Gasteiger charge is 2.32. The summed E-state index contributed by atoms with van der Waals surface area (Å²) in [5.41, 5.74) is 0.631. The Morgan fingerprint density at radius 2 is 2.44 bits per heavy atom. The van der Waals surface area contributed by atoms with Crippen LogP contribution in [-0.2, 0) is 4.74 Å². The lowest BCUT2D eigenvalue weighted by Gasteiger charge is -2.14. The first-order valence-corrected chi connectivity index (χ1v) is 5.72. The number of nitrogens with zero attached hydrogens (tertiary/aromatic N) is 2. The molecule has 1 saturated heterocycles. The molecule has 1 unspecified atom stereocenters. The second-order valence-electron chi connectivity index (χ2n) is 3.80. The van der Waals surface area contributed by atoms with Gasteiger partial charge in [-0.15, -0.1) is 0 Å². The predicted octanol–water partition coefficient (Wildman–Crippen LogP) is 2.59. The van der Waals surface area contributed by atoms with Crippen molar-refractivity contribution in [2.24, 2.45) is 0 Å². The third-order valence-corrected chi connectivity index (χ3v) is 2.94. The second-order valence-corrected chi connectivity index (χ2v) is 4.20. The van der Waals surface area contributed by atoms with Crippen molar-refractivity contribution < 1.29 is 14.3 Å². The smallest absolute Gasteiger partial charge is 0.414 e. The largest absolute Gasteiger partial charge is 0.495 e. The SMILES string of the molecule is COc1ccc(N2CC(CC#N)OC2=O)cc1Cl. The van der Waals surface area contributed by atoms with Crippen LogP contribution in [0, 0.1) is 11.3 Å². The van der Waals surface area contributed by atoms with Crippen LogP contribution in [0.3, 0.4) is 0 Å². The summed E-state index contributed by atoms with van der Waals surface area (Å²) in [5, 5.41) is 9.01. The van der Waals surface area contributed by atoms with E-state index in [0.717, 1.165) is 0 Å². The Hall–Kier alpha value is -1.93. The monoisotopic (exact) mass is 266 g/mol. The highest BCUT2D eigenvalue weighted by molar-refractivity contribution is 6.32. The zero-order valence-electron chi connectivity index (χ0n) is 9.72. The van der Waals surface area contributed by atoms with Crippen molar-refractivity contribution in [2.75, 3.05) is 18.6 Å². The van der Waals surface area contributed by atoms with Gasteiger partial charge in [0.05, 0.1) is 31.2 Å². The fraction of sp³-hybridized carbons (Fsp3) is 0.333. The van der Waals surface area contributed by atoms with Crippen molar-refractivity contribution >= 4 is 23.4 Å². The lowest BCUT2D eigenvalue weighted by molar-refractivity contribution is 0.143. The van der Waals surface area contributed by atoms with Crippen LogP contribution in [0.15, 0.2) is 18.2 Å². The first-order valence-electron chi connectivity index (χ1n) is 5.34. The molecule has 18 heavy (non-hydrogen) atoms. The molecule has 0 saturated carbocycles. The fourth-order valence-corrected chi connectivity index (χ4v) is 2.02. The van der Waals surface area contributed by atoms with E-state index < -0.39 is 6.09 Å². The molecule has 1 aliphatic rings. The Labute approximate surface area is 109 Å². The zero-order chi connectivity index (χ0) is 13.1. The first-order chi connectivity index (χ1) is 8.65. The quantitative estimate of drug-likeness (QED) is 0.844. The molecule has 6 heteroatoms. The van der Waals surface area contributed by atoms with E-state index in [2.05, 4.69) is 0 Å². The van der Waals surface area contributed by atoms with Gasteiger partial charge in [-0.1, -0.05) is 11.6 Å². The zero-order valence-corrected chi connectivity index (χ0v) is 10.5. The average molecular weight is 267 g/mol. The highest BCUT2D eigenvalue weighted by atomic mass is 35.5. The Bertz CT molecular complexity index is 513. The lowest BCUT2D eigenvalue weighted by atomic mass is 10.2. The number of hydrogen-bond acceptors (Lipinski definition) is 4. The van der Waals surface area contributed by atoms with Crippen molar-refractivity contribution in [1.82, 2.24) is 0 Å². The van der Waals surface area contributed by atoms with Gasteiger partial charge in [-0.2, -0.15) is 5.26 Å². The molecule has 1 aromatic carbocycles. The maximum atomic E-state index is 11.6. The number of methoxy groups -OCH3 is 1. The van der Waals surface area contributed by atoms with Crippen LogP contribution in [0.25, 0.3) is 0 Å². The summed E-state index contributed by atoms with van der Waals surface area (Å²) in [6.07, 6.45) is -0.661. The van der Waals surface area contributed by atoms with Crippen LogP contribution < -0.4 is 9.64 Å². The molecule has 1 amide bonds. The van der Waals surface area contributed by atoms with Crippen LogP contribution in [0.2, 0.25) is 5.02 Å². The maximum absolute atomic E-state index is 11.6. The highest BCUT2D eigenvalue weighted by Crippen LogP contribution is 2.31. The third-order valence-electron chi connectivity index (χ3n) is 2.64. The summed E-state index contributed by atoms with van der Waals surface area (Å²) in [7, 11) is 1.52. The summed E-state index contributed by atoms with van der Waals surface area (Å²) in [6.45, 7) is 0.356. The van der Waals surface area contributed by atoms with Gasteiger partial charge in [0.1, 0.15) is 11.9 Å². The summed E-state index contributed by atoms with van der Waals surface area (Å²) in [5.74, 6) is 0.543. The van der Waals surface area contributed by atoms with E-state index in [1.54, 1.807) is 18.2 Å². The van der Waals surface area contributed by atoms with Gasteiger partial charge in [-0.3, -0.25) is 4.90 Å². The minimum absolute atomic E-state index is 0.187. The number of benzene rings is 1. The summed E-state index contributed by atoms with van der Waals surface area (Å²) >= 11 is 6.00. The molecule has 1 atom stereocenters. The van der Waals surface area contributed by atoms with E-state index in [9.17, 15) is 4.79 Å². The van der Waals surface area contributed by atoms with Gasteiger partial charge < -0.3 is 9.47 Å². The summed E-state index contributed by atoms with van der Waals surface area (Å²) in [4.78, 5) is 13.1. The van der Waals surface area contributed by atoms with Crippen LogP contribution >= 0.6 is 11.6 Å². The number of amides is 1. The van der Waals surface area contributed by atoms with Crippen LogP contribution in [0.1, 0.15) is 6.42 Å². The van der Waals surface area contributed by atoms with Crippen molar-refractivity contribution in [3.8, 4) is 11.8 Å². The number of carbonyl (C=O) groups excluding carboxylic acids is 1. The third kappa shape index (κ3) is 2.34. The van der Waals surface area contributed by atoms with Gasteiger partial charge >= 0.3 is 6.09 Å². The van der Waals surface area contributed by atoms with E-state index >= 15 is 0 Å². The molecular formula is C12H11ClN2O3. The van der Waals surface area contributed by atoms with Gasteiger partial charge in [0.15, 0.2) is 0 Å². The first kappa shape index (κ1) is 12.5. The van der Waals surface area contributed by atoms with Crippen molar-refractivity contribution in [3.05, 3.63) is 23.2 Å². The Morgan fingerprint density at radius 3 is 3.06 bits per heavy atom. The Morgan fingerprint density at radius 1 is 1.67 bits per heavy atom. The molecule has 0 radical (unpaired) electrons. The molecule has 5 nitrogen and oxygen atoms in total. The van der Waals surface area contributed by atoms with E-state index in [1.807, 2.05) is 6.07 Å². The summed E-state index contributed by atoms with van der Waals surface area (Å²) in [6, 6.07) is 7.02. The molecular weight excluding hydrogens is 256 g/mol. The molecule has 1 heterocycles. The number of ether oxygens (including phenoxy) is 2. The lowest BCUT2D eigenvalue weighted by Crippen LogP contribution is -2.24. The van der Waals surface area contributed by atoms with E-state index in [1.165, 1.54) is 12.0 Å². The Balaban J connectivity index is 2.20. The van der Waals surface area contributed by atoms with Crippen molar-refractivity contribution in [3.63, 3.8) is 0 Å². The van der Waals surface area contributed by atoms with E-state index in [0.29, 0.717) is 23.0 Å². The molecule has 0 aromatic heterocycles. The van der Waals surface area contributed by atoms with Crippen LogP contribution in [0.5, 0.6) is 5.75 Å². The minimum atomic E-state index is -0.462. The van der Waals surface area contributed by atoms with E-state index in [4.69, 9.17) is 26.3 Å². The van der Waals surface area contributed by atoms with E-state index in [-0.39, 0.29) is 12.5 Å². The predicted molar refractivity (Wildman–Crippen MR) is 65.8 cm³/mol. The van der Waals surface area contributed by atoms with Crippen LogP contribution in [0.4, 0.5) is 10.5 Å². The fourth-order valence-electron chi connectivity index (χ4n) is 1.76. The van der Waals surface area contributed by atoms with Gasteiger partial charge in [-0.05, 0) is 18.2 Å². The van der Waals surface area contributed by atoms with Gasteiger partial charge in [0, 0.05) is 5.69 Å². The standard InChI is InChI=1S/C12H11ClN2O3/c1-17-11-3-2-8(6-10(11)13)15-7-9(4-5-14)18-12(15)16/h2-3,6,9H,4,7H2,1H3. The van der Waals surface area contributed by atoms with Crippen LogP contribution in [-0.4, -0.2) is 25.9 Å². The number of halogens is 1. The molecule has 0 spiro atoms. The van der Waals surface area contributed by atoms with Gasteiger partial charge in [0.25, 0.3) is 0 Å². The number of anilines is 1. The maximum Gasteiger partial charge on any atom is 0.414 e. The molecule has 1 aromatic rings. The minimum Gasteiger partial charge on any atom is -0.495 e. The number of carbonyl (C=O) groups is 1. The number of rotatable bonds is 3. The second kappa shape index (κ2) is 5.15. The molecule has 0 aliphatic carbocycles. The normalized spacial score (nSPS) is 18.4. The van der Waals surface area contributed by atoms with Crippen molar-refractivity contribution in [2.45, 2.75) is 12.5 Å². The number of hydrogen-bond donors (Lipinski definition) is 0. The molecule has 0 bridgehead atoms. The van der Waals surface area contributed by atoms with Crippen molar-refractivity contribution in [1.29, 1.82) is 5.26 Å². The molecule has 1 aliphatic heterocycles. The number of cyclic esters (lactones) is 1. The number of nitriles is 1. The summed E-state index contributed by atoms with van der Waals surface area (Å²) < 4.78 is 10.1. The average Bonchev–Trinajstić information content (AvgIpc) is 2.71. The van der Waals surface area contributed by atoms with Gasteiger partial charge in [-0.25, -0.2) is 4.79 Å². The van der Waals surface area contributed by atoms with Gasteiger partial charge in [0.2, 0.25) is 0 Å². The molecule has 1 fully saturated rings. The topological polar surface area (TPSA) is 62.6 Å². The molecule has 0 N–H and O–H groups in total. The molecule has 94 valence electrons. The Kier molecular flexibility index (Phi) is 3.58. The molecule has 2 rings (SSSR count).